The molecule has 0 aliphatic rings. The van der Waals surface area contributed by atoms with Crippen LogP contribution in [0.25, 0.3) is 0 Å². The van der Waals surface area contributed by atoms with Crippen LogP contribution < -0.4 is 4.90 Å². The fourth-order valence-corrected chi connectivity index (χ4v) is 1.48. The smallest absolute Gasteiger partial charge is 0.0410 e. The summed E-state index contributed by atoms with van der Waals surface area (Å²) in [5, 5.41) is 0. The van der Waals surface area contributed by atoms with Crippen LogP contribution in [0, 0.1) is 0 Å². The third kappa shape index (κ3) is 2.98. The lowest BCUT2D eigenvalue weighted by Gasteiger charge is -2.26. The minimum absolute atomic E-state index is 0.982. The van der Waals surface area contributed by atoms with E-state index in [1.807, 2.05) is 25.1 Å². The average Bonchev–Trinajstić information content (AvgIpc) is 2.26. The zero-order valence-corrected chi connectivity index (χ0v) is 9.66. The van der Waals surface area contributed by atoms with Crippen LogP contribution in [0.4, 0.5) is 5.69 Å². The third-order valence-corrected chi connectivity index (χ3v) is 2.33. The van der Waals surface area contributed by atoms with Gasteiger partial charge in [-0.1, -0.05) is 38.3 Å². The van der Waals surface area contributed by atoms with E-state index >= 15 is 0 Å². The molecule has 0 heterocycles. The van der Waals surface area contributed by atoms with Crippen LogP contribution in [0.15, 0.2) is 54.8 Å². The number of anilines is 1. The van der Waals surface area contributed by atoms with Crippen LogP contribution in [-0.2, 0) is 0 Å². The van der Waals surface area contributed by atoms with Gasteiger partial charge in [0.05, 0.1) is 0 Å². The molecule has 0 saturated carbocycles. The first-order chi connectivity index (χ1) is 7.16. The summed E-state index contributed by atoms with van der Waals surface area (Å²) < 4.78 is 0. The Balaban J connectivity index is 2.93. The molecule has 0 fully saturated rings. The summed E-state index contributed by atoms with van der Waals surface area (Å²) in [4.78, 5) is 2.21. The third-order valence-electron chi connectivity index (χ3n) is 2.33. The molecule has 80 valence electrons. The van der Waals surface area contributed by atoms with E-state index in [0.29, 0.717) is 0 Å². The Hall–Kier alpha value is -1.50. The topological polar surface area (TPSA) is 3.24 Å². The van der Waals surface area contributed by atoms with Crippen molar-refractivity contribution in [2.24, 2.45) is 0 Å². The van der Waals surface area contributed by atoms with Crippen LogP contribution >= 0.6 is 0 Å². The number of hydrogen-bond acceptors (Lipinski definition) is 1. The lowest BCUT2D eigenvalue weighted by molar-refractivity contribution is 0.855. The van der Waals surface area contributed by atoms with Crippen molar-refractivity contribution in [2.75, 3.05) is 11.4 Å². The summed E-state index contributed by atoms with van der Waals surface area (Å²) in [7, 11) is 0. The molecular formula is C14H19N. The summed E-state index contributed by atoms with van der Waals surface area (Å²) >= 11 is 0. The molecule has 1 aromatic carbocycles. The normalized spacial score (nSPS) is 9.73. The number of allylic oxidation sites excluding steroid dienone is 1. The molecule has 0 atom stereocenters. The predicted molar refractivity (Wildman–Crippen MR) is 68.0 cm³/mol. The molecule has 0 aromatic heterocycles. The summed E-state index contributed by atoms with van der Waals surface area (Å²) in [6.07, 6.45) is 1.10. The Morgan fingerprint density at radius 1 is 1.20 bits per heavy atom. The molecule has 0 spiro atoms. The fraction of sp³-hybridized carbons (Fsp3) is 0.286. The van der Waals surface area contributed by atoms with E-state index in [4.69, 9.17) is 0 Å². The minimum atomic E-state index is 0.982. The number of para-hydroxylation sites is 1. The first-order valence-corrected chi connectivity index (χ1v) is 5.34. The number of rotatable bonds is 5. The fourth-order valence-electron chi connectivity index (χ4n) is 1.48. The van der Waals surface area contributed by atoms with Crippen molar-refractivity contribution in [1.82, 2.24) is 0 Å². The van der Waals surface area contributed by atoms with Crippen LogP contribution in [0.3, 0.4) is 0 Å². The van der Waals surface area contributed by atoms with E-state index in [1.165, 1.54) is 5.69 Å². The van der Waals surface area contributed by atoms with E-state index in [9.17, 15) is 0 Å². The van der Waals surface area contributed by atoms with Gasteiger partial charge in [-0.25, -0.2) is 0 Å². The van der Waals surface area contributed by atoms with Crippen molar-refractivity contribution in [3.05, 3.63) is 54.8 Å². The lowest BCUT2D eigenvalue weighted by atomic mass is 10.2. The summed E-state index contributed by atoms with van der Waals surface area (Å²) in [6.45, 7) is 13.2. The first kappa shape index (κ1) is 11.6. The maximum Gasteiger partial charge on any atom is 0.0410 e. The Morgan fingerprint density at radius 3 is 2.27 bits per heavy atom. The van der Waals surface area contributed by atoms with Gasteiger partial charge in [-0.15, -0.1) is 0 Å². The van der Waals surface area contributed by atoms with Gasteiger partial charge in [0, 0.05) is 17.9 Å². The van der Waals surface area contributed by atoms with Crippen molar-refractivity contribution in [3.8, 4) is 0 Å². The molecule has 1 nitrogen and oxygen atoms in total. The van der Waals surface area contributed by atoms with Gasteiger partial charge in [0.15, 0.2) is 0 Å². The van der Waals surface area contributed by atoms with Crippen molar-refractivity contribution in [3.63, 3.8) is 0 Å². The molecule has 0 aliphatic carbocycles. The molecule has 1 rings (SSSR count). The molecule has 0 saturated heterocycles. The largest absolute Gasteiger partial charge is 0.342 e. The second-order valence-electron chi connectivity index (χ2n) is 3.71. The van der Waals surface area contributed by atoms with Gasteiger partial charge in [-0.2, -0.15) is 0 Å². The van der Waals surface area contributed by atoms with Crippen molar-refractivity contribution in [1.29, 1.82) is 0 Å². The van der Waals surface area contributed by atoms with Gasteiger partial charge in [-0.05, 0) is 31.1 Å². The molecule has 0 aliphatic heterocycles. The summed E-state index contributed by atoms with van der Waals surface area (Å²) in [5.74, 6) is 0. The number of nitrogens with zero attached hydrogens (tertiary/aromatic N) is 1. The zero-order valence-electron chi connectivity index (χ0n) is 9.66. The minimum Gasteiger partial charge on any atom is -0.342 e. The van der Waals surface area contributed by atoms with Crippen LogP contribution in [0.5, 0.6) is 0 Å². The highest BCUT2D eigenvalue weighted by molar-refractivity contribution is 5.55. The summed E-state index contributed by atoms with van der Waals surface area (Å²) in [5.41, 5.74) is 3.21. The SMILES string of the molecule is C=C(C)C(=C)N(CCC)c1ccccc1. The van der Waals surface area contributed by atoms with Crippen molar-refractivity contribution < 1.29 is 0 Å². The molecule has 0 unspecified atom stereocenters. The predicted octanol–water partition coefficient (Wildman–Crippen LogP) is 3.99. The lowest BCUT2D eigenvalue weighted by Crippen LogP contribution is -2.23. The molecule has 0 bridgehead atoms. The molecule has 1 aromatic rings. The standard InChI is InChI=1S/C14H19N/c1-5-11-15(13(4)12(2)3)14-9-7-6-8-10-14/h6-10H,2,4-5,11H2,1,3H3. The molecule has 0 N–H and O–H groups in total. The monoisotopic (exact) mass is 201 g/mol. The van der Waals surface area contributed by atoms with Gasteiger partial charge in [0.25, 0.3) is 0 Å². The highest BCUT2D eigenvalue weighted by Gasteiger charge is 2.08. The van der Waals surface area contributed by atoms with E-state index in [-0.39, 0.29) is 0 Å². The molecule has 0 radical (unpaired) electrons. The second-order valence-corrected chi connectivity index (χ2v) is 3.71. The zero-order chi connectivity index (χ0) is 11.3. The van der Waals surface area contributed by atoms with Crippen LogP contribution in [-0.4, -0.2) is 6.54 Å². The molecule has 1 heteroatoms. The second kappa shape index (κ2) is 5.40. The maximum absolute atomic E-state index is 4.08. The Morgan fingerprint density at radius 2 is 1.80 bits per heavy atom. The maximum atomic E-state index is 4.08. The number of benzene rings is 1. The average molecular weight is 201 g/mol. The highest BCUT2D eigenvalue weighted by atomic mass is 15.1. The van der Waals surface area contributed by atoms with E-state index in [2.05, 4.69) is 37.1 Å². The van der Waals surface area contributed by atoms with Crippen LogP contribution in [0.2, 0.25) is 0 Å². The van der Waals surface area contributed by atoms with E-state index in [0.717, 1.165) is 24.2 Å². The Kier molecular flexibility index (Phi) is 4.17. The van der Waals surface area contributed by atoms with Crippen molar-refractivity contribution in [2.45, 2.75) is 20.3 Å². The Bertz CT molecular complexity index is 338. The Labute approximate surface area is 92.7 Å². The van der Waals surface area contributed by atoms with Gasteiger partial charge in [0.1, 0.15) is 0 Å². The van der Waals surface area contributed by atoms with Gasteiger partial charge in [-0.3, -0.25) is 0 Å². The highest BCUT2D eigenvalue weighted by Crippen LogP contribution is 2.21. The van der Waals surface area contributed by atoms with Gasteiger partial charge in [0.2, 0.25) is 0 Å². The van der Waals surface area contributed by atoms with Crippen molar-refractivity contribution >= 4 is 5.69 Å². The van der Waals surface area contributed by atoms with E-state index < -0.39 is 0 Å². The number of hydrogen-bond donors (Lipinski definition) is 0. The molecular weight excluding hydrogens is 182 g/mol. The van der Waals surface area contributed by atoms with Gasteiger partial charge >= 0.3 is 0 Å². The first-order valence-electron chi connectivity index (χ1n) is 5.34. The van der Waals surface area contributed by atoms with Gasteiger partial charge < -0.3 is 4.90 Å². The van der Waals surface area contributed by atoms with Crippen LogP contribution in [0.1, 0.15) is 20.3 Å². The quantitative estimate of drug-likeness (QED) is 0.651. The molecule has 0 amide bonds. The van der Waals surface area contributed by atoms with E-state index in [1.54, 1.807) is 0 Å². The molecule has 15 heavy (non-hydrogen) atoms. The summed E-state index contributed by atoms with van der Waals surface area (Å²) in [6, 6.07) is 10.3.